The molecule has 3 rings (SSSR count). The van der Waals surface area contributed by atoms with E-state index in [1.807, 2.05) is 36.1 Å². The number of methoxy groups -OCH3 is 1. The molecule has 1 aromatic carbocycles. The lowest BCUT2D eigenvalue weighted by Crippen LogP contribution is -2.36. The Bertz CT molecular complexity index is 780. The van der Waals surface area contributed by atoms with E-state index in [0.717, 1.165) is 36.4 Å². The third-order valence-electron chi connectivity index (χ3n) is 4.66. The smallest absolute Gasteiger partial charge is 0.227 e. The van der Waals surface area contributed by atoms with Gasteiger partial charge in [-0.1, -0.05) is 18.2 Å². The van der Waals surface area contributed by atoms with Gasteiger partial charge in [-0.15, -0.1) is 0 Å². The van der Waals surface area contributed by atoms with Gasteiger partial charge >= 0.3 is 0 Å². The number of ether oxygens (including phenoxy) is 1. The zero-order valence-corrected chi connectivity index (χ0v) is 15.3. The zero-order valence-electron chi connectivity index (χ0n) is 15.3. The van der Waals surface area contributed by atoms with Crippen LogP contribution in [0.4, 0.5) is 11.8 Å². The lowest BCUT2D eigenvalue weighted by Gasteiger charge is -2.22. The molecule has 2 N–H and O–H groups in total. The van der Waals surface area contributed by atoms with E-state index in [2.05, 4.69) is 14.9 Å². The number of carbonyl (C=O) groups is 1. The van der Waals surface area contributed by atoms with Gasteiger partial charge in [0.1, 0.15) is 11.6 Å². The Morgan fingerprint density at radius 1 is 1.23 bits per heavy atom. The van der Waals surface area contributed by atoms with Crippen molar-refractivity contribution < 1.29 is 9.53 Å². The van der Waals surface area contributed by atoms with Crippen LogP contribution in [-0.4, -0.2) is 54.1 Å². The first kappa shape index (κ1) is 18.0. The molecule has 1 saturated heterocycles. The lowest BCUT2D eigenvalue weighted by atomic mass is 10.1. The zero-order chi connectivity index (χ0) is 18.5. The van der Waals surface area contributed by atoms with Gasteiger partial charge in [0.25, 0.3) is 0 Å². The van der Waals surface area contributed by atoms with Crippen molar-refractivity contribution in [3.05, 3.63) is 41.6 Å². The first-order valence-electron chi connectivity index (χ1n) is 8.82. The molecular formula is C19H25N5O2. The highest BCUT2D eigenvalue weighted by Crippen LogP contribution is 2.20. The number of hydrogen-bond donors (Lipinski definition) is 1. The Kier molecular flexibility index (Phi) is 5.55. The number of para-hydroxylation sites is 1. The van der Waals surface area contributed by atoms with Crippen LogP contribution in [0.2, 0.25) is 0 Å². The molecule has 0 radical (unpaired) electrons. The molecule has 0 spiro atoms. The van der Waals surface area contributed by atoms with E-state index in [0.29, 0.717) is 31.3 Å². The number of nitrogens with two attached hydrogens (primary N) is 1. The molecule has 0 saturated carbocycles. The quantitative estimate of drug-likeness (QED) is 0.898. The van der Waals surface area contributed by atoms with Crippen molar-refractivity contribution in [1.82, 2.24) is 14.9 Å². The van der Waals surface area contributed by atoms with Gasteiger partial charge in [-0.25, -0.2) is 4.98 Å². The van der Waals surface area contributed by atoms with Gasteiger partial charge in [-0.3, -0.25) is 4.79 Å². The van der Waals surface area contributed by atoms with Gasteiger partial charge in [0, 0.05) is 43.5 Å². The third-order valence-corrected chi connectivity index (χ3v) is 4.66. The van der Waals surface area contributed by atoms with Crippen LogP contribution >= 0.6 is 0 Å². The van der Waals surface area contributed by atoms with Crippen molar-refractivity contribution >= 4 is 17.7 Å². The lowest BCUT2D eigenvalue weighted by molar-refractivity contribution is -0.130. The average molecular weight is 355 g/mol. The molecule has 7 heteroatoms. The first-order chi connectivity index (χ1) is 12.6. The highest BCUT2D eigenvalue weighted by molar-refractivity contribution is 5.79. The molecule has 7 nitrogen and oxygen atoms in total. The molecule has 2 aromatic rings. The standard InChI is InChI=1S/C19H25N5O2/c1-14-13-21-19(22-18(14)20)24-9-5-8-23(10-11-24)17(25)12-15-6-3-4-7-16(15)26-2/h3-4,6-7,13H,5,8-12H2,1-2H3,(H2,20,21,22). The number of aromatic nitrogens is 2. The van der Waals surface area contributed by atoms with Gasteiger partial charge in [0.05, 0.1) is 13.5 Å². The van der Waals surface area contributed by atoms with Crippen molar-refractivity contribution in [2.24, 2.45) is 0 Å². The molecule has 138 valence electrons. The number of amides is 1. The van der Waals surface area contributed by atoms with Crippen LogP contribution in [0.3, 0.4) is 0 Å². The minimum atomic E-state index is 0.112. The van der Waals surface area contributed by atoms with Gasteiger partial charge in [-0.2, -0.15) is 4.98 Å². The van der Waals surface area contributed by atoms with Gasteiger partial charge in [0.2, 0.25) is 11.9 Å². The number of hydrogen-bond acceptors (Lipinski definition) is 6. The number of rotatable bonds is 4. The highest BCUT2D eigenvalue weighted by Gasteiger charge is 2.21. The second kappa shape index (κ2) is 8.03. The Labute approximate surface area is 153 Å². The van der Waals surface area contributed by atoms with Crippen molar-refractivity contribution in [3.8, 4) is 5.75 Å². The predicted octanol–water partition coefficient (Wildman–Crippen LogP) is 1.66. The molecular weight excluding hydrogens is 330 g/mol. The predicted molar refractivity (Wildman–Crippen MR) is 101 cm³/mol. The maximum absolute atomic E-state index is 12.7. The van der Waals surface area contributed by atoms with Crippen LogP contribution in [0, 0.1) is 6.92 Å². The Hall–Kier alpha value is -2.83. The molecule has 1 aromatic heterocycles. The van der Waals surface area contributed by atoms with Crippen LogP contribution in [0.5, 0.6) is 5.75 Å². The summed E-state index contributed by atoms with van der Waals surface area (Å²) in [5.74, 6) is 2.00. The molecule has 0 unspecified atom stereocenters. The molecule has 26 heavy (non-hydrogen) atoms. The summed E-state index contributed by atoms with van der Waals surface area (Å²) in [7, 11) is 1.63. The van der Waals surface area contributed by atoms with E-state index in [4.69, 9.17) is 10.5 Å². The number of nitrogen functional groups attached to an aromatic ring is 1. The van der Waals surface area contributed by atoms with Crippen LogP contribution in [-0.2, 0) is 11.2 Å². The Morgan fingerprint density at radius 3 is 2.81 bits per heavy atom. The van der Waals surface area contributed by atoms with E-state index in [-0.39, 0.29) is 5.91 Å². The van der Waals surface area contributed by atoms with Gasteiger partial charge < -0.3 is 20.3 Å². The summed E-state index contributed by atoms with van der Waals surface area (Å²) < 4.78 is 5.35. The summed E-state index contributed by atoms with van der Waals surface area (Å²) in [5.41, 5.74) is 7.69. The maximum Gasteiger partial charge on any atom is 0.227 e. The second-order valence-electron chi connectivity index (χ2n) is 6.45. The van der Waals surface area contributed by atoms with Crippen molar-refractivity contribution in [2.75, 3.05) is 43.9 Å². The summed E-state index contributed by atoms with van der Waals surface area (Å²) in [4.78, 5) is 25.5. The largest absolute Gasteiger partial charge is 0.496 e. The van der Waals surface area contributed by atoms with Gasteiger partial charge in [0.15, 0.2) is 0 Å². The molecule has 1 amide bonds. The van der Waals surface area contributed by atoms with Crippen LogP contribution in [0.25, 0.3) is 0 Å². The van der Waals surface area contributed by atoms with E-state index in [1.165, 1.54) is 0 Å². The van der Waals surface area contributed by atoms with E-state index >= 15 is 0 Å². The summed E-state index contributed by atoms with van der Waals surface area (Å²) in [6.07, 6.45) is 2.96. The minimum Gasteiger partial charge on any atom is -0.496 e. The van der Waals surface area contributed by atoms with E-state index < -0.39 is 0 Å². The molecule has 0 aliphatic carbocycles. The molecule has 1 aliphatic heterocycles. The molecule has 0 atom stereocenters. The first-order valence-corrected chi connectivity index (χ1v) is 8.82. The Morgan fingerprint density at radius 2 is 2.04 bits per heavy atom. The average Bonchev–Trinajstić information content (AvgIpc) is 2.91. The topological polar surface area (TPSA) is 84.6 Å². The Balaban J connectivity index is 1.64. The number of anilines is 2. The molecule has 1 aliphatic rings. The number of aryl methyl sites for hydroxylation is 1. The maximum atomic E-state index is 12.7. The number of benzene rings is 1. The fourth-order valence-electron chi connectivity index (χ4n) is 3.09. The molecule has 0 bridgehead atoms. The summed E-state index contributed by atoms with van der Waals surface area (Å²) >= 11 is 0. The highest BCUT2D eigenvalue weighted by atomic mass is 16.5. The van der Waals surface area contributed by atoms with Crippen molar-refractivity contribution in [1.29, 1.82) is 0 Å². The minimum absolute atomic E-state index is 0.112. The van der Waals surface area contributed by atoms with Crippen LogP contribution in [0.1, 0.15) is 17.5 Å². The van der Waals surface area contributed by atoms with Crippen molar-refractivity contribution in [3.63, 3.8) is 0 Å². The van der Waals surface area contributed by atoms with Crippen molar-refractivity contribution in [2.45, 2.75) is 19.8 Å². The third kappa shape index (κ3) is 4.04. The molecule has 1 fully saturated rings. The van der Waals surface area contributed by atoms with Gasteiger partial charge in [-0.05, 0) is 19.4 Å². The summed E-state index contributed by atoms with van der Waals surface area (Å²) in [6, 6.07) is 7.65. The number of nitrogens with zero attached hydrogens (tertiary/aromatic N) is 4. The van der Waals surface area contributed by atoms with Crippen LogP contribution in [0.15, 0.2) is 30.5 Å². The molecule has 2 heterocycles. The monoisotopic (exact) mass is 355 g/mol. The summed E-state index contributed by atoms with van der Waals surface area (Å²) in [5, 5.41) is 0. The fraction of sp³-hybridized carbons (Fsp3) is 0.421. The normalized spacial score (nSPS) is 14.8. The SMILES string of the molecule is COc1ccccc1CC(=O)N1CCCN(c2ncc(C)c(N)n2)CC1. The van der Waals surface area contributed by atoms with Crippen LogP contribution < -0.4 is 15.4 Å². The summed E-state index contributed by atoms with van der Waals surface area (Å²) in [6.45, 7) is 4.76. The number of carbonyl (C=O) groups excluding carboxylic acids is 1. The van der Waals surface area contributed by atoms with E-state index in [9.17, 15) is 4.79 Å². The second-order valence-corrected chi connectivity index (χ2v) is 6.45. The fourth-order valence-corrected chi connectivity index (χ4v) is 3.09. The van der Waals surface area contributed by atoms with E-state index in [1.54, 1.807) is 13.3 Å².